The van der Waals surface area contributed by atoms with E-state index >= 15 is 0 Å². The van der Waals surface area contributed by atoms with Gasteiger partial charge in [0.1, 0.15) is 5.75 Å². The largest absolute Gasteiger partial charge is 0.496 e. The van der Waals surface area contributed by atoms with Crippen LogP contribution in [0.3, 0.4) is 0 Å². The normalized spacial score (nSPS) is 11.7. The van der Waals surface area contributed by atoms with Crippen LogP contribution >= 0.6 is 0 Å². The molecule has 0 radical (unpaired) electrons. The molecular formula is C18H18N2O5. The third-order valence-electron chi connectivity index (χ3n) is 3.73. The Hall–Kier alpha value is -3.22. The van der Waals surface area contributed by atoms with Crippen LogP contribution in [0.1, 0.15) is 11.1 Å². The number of rotatable bonds is 5. The highest BCUT2D eigenvalue weighted by molar-refractivity contribution is 6.35. The van der Waals surface area contributed by atoms with E-state index in [1.54, 1.807) is 31.4 Å². The van der Waals surface area contributed by atoms with Gasteiger partial charge < -0.3 is 24.8 Å². The molecule has 0 saturated heterocycles. The maximum absolute atomic E-state index is 11.9. The number of methoxy groups -OCH3 is 1. The van der Waals surface area contributed by atoms with Crippen LogP contribution in [0.15, 0.2) is 42.5 Å². The first kappa shape index (κ1) is 16.6. The Morgan fingerprint density at radius 3 is 2.52 bits per heavy atom. The van der Waals surface area contributed by atoms with Gasteiger partial charge in [0.05, 0.1) is 7.11 Å². The number of nitrogens with one attached hydrogen (secondary N) is 2. The summed E-state index contributed by atoms with van der Waals surface area (Å²) < 4.78 is 15.7. The molecule has 0 aromatic heterocycles. The summed E-state index contributed by atoms with van der Waals surface area (Å²) in [5.74, 6) is 0.555. The van der Waals surface area contributed by atoms with Crippen LogP contribution in [0, 0.1) is 0 Å². The molecule has 1 heterocycles. The maximum atomic E-state index is 11.9. The SMILES string of the molecule is COc1ccccc1CNC(=O)C(=O)NCc1ccc2c(c1)OCO2. The molecule has 3 rings (SSSR count). The van der Waals surface area contributed by atoms with Gasteiger partial charge in [0.2, 0.25) is 6.79 Å². The number of carbonyl (C=O) groups excluding carboxylic acids is 2. The van der Waals surface area contributed by atoms with Crippen LogP contribution in [0.2, 0.25) is 0 Å². The quantitative estimate of drug-likeness (QED) is 0.801. The summed E-state index contributed by atoms with van der Waals surface area (Å²) in [5, 5.41) is 5.15. The number of amides is 2. The Morgan fingerprint density at radius 2 is 1.72 bits per heavy atom. The lowest BCUT2D eigenvalue weighted by Crippen LogP contribution is -2.39. The minimum atomic E-state index is -0.702. The van der Waals surface area contributed by atoms with E-state index in [0.717, 1.165) is 11.1 Å². The zero-order valence-corrected chi connectivity index (χ0v) is 13.7. The van der Waals surface area contributed by atoms with Crippen molar-refractivity contribution in [2.45, 2.75) is 13.1 Å². The third-order valence-corrected chi connectivity index (χ3v) is 3.73. The highest BCUT2D eigenvalue weighted by atomic mass is 16.7. The first-order valence-corrected chi connectivity index (χ1v) is 7.74. The molecule has 2 aromatic rings. The molecule has 0 aliphatic carbocycles. The lowest BCUT2D eigenvalue weighted by Gasteiger charge is -2.10. The number of hydrogen-bond donors (Lipinski definition) is 2. The fourth-order valence-electron chi connectivity index (χ4n) is 2.42. The molecule has 1 aliphatic heterocycles. The average Bonchev–Trinajstić information content (AvgIpc) is 3.12. The van der Waals surface area contributed by atoms with Crippen molar-refractivity contribution in [3.63, 3.8) is 0 Å². The predicted molar refractivity (Wildman–Crippen MR) is 89.3 cm³/mol. The first-order valence-electron chi connectivity index (χ1n) is 7.74. The standard InChI is InChI=1S/C18H18N2O5/c1-23-14-5-3-2-4-13(14)10-20-18(22)17(21)19-9-12-6-7-15-16(8-12)25-11-24-15/h2-8H,9-11H2,1H3,(H,19,21)(H,20,22). The first-order chi connectivity index (χ1) is 12.2. The molecule has 2 amide bonds. The predicted octanol–water partition coefficient (Wildman–Crippen LogP) is 1.36. The average molecular weight is 342 g/mol. The van der Waals surface area contributed by atoms with Crippen molar-refractivity contribution in [1.29, 1.82) is 0 Å². The lowest BCUT2D eigenvalue weighted by atomic mass is 10.2. The molecule has 0 spiro atoms. The van der Waals surface area contributed by atoms with Gasteiger partial charge in [0, 0.05) is 18.7 Å². The van der Waals surface area contributed by atoms with Crippen molar-refractivity contribution >= 4 is 11.8 Å². The molecule has 0 atom stereocenters. The van der Waals surface area contributed by atoms with E-state index in [2.05, 4.69) is 10.6 Å². The molecule has 0 fully saturated rings. The van der Waals surface area contributed by atoms with Gasteiger partial charge in [-0.25, -0.2) is 0 Å². The van der Waals surface area contributed by atoms with Gasteiger partial charge in [-0.3, -0.25) is 9.59 Å². The summed E-state index contributed by atoms with van der Waals surface area (Å²) >= 11 is 0. The van der Waals surface area contributed by atoms with Crippen LogP contribution < -0.4 is 24.8 Å². The molecule has 2 N–H and O–H groups in total. The minimum Gasteiger partial charge on any atom is -0.496 e. The Kier molecular flexibility index (Phi) is 5.03. The summed E-state index contributed by atoms with van der Waals surface area (Å²) in [6, 6.07) is 12.6. The fourth-order valence-corrected chi connectivity index (χ4v) is 2.42. The van der Waals surface area contributed by atoms with E-state index in [1.165, 1.54) is 0 Å². The van der Waals surface area contributed by atoms with Crippen LogP contribution in [-0.2, 0) is 22.7 Å². The second-order valence-corrected chi connectivity index (χ2v) is 5.36. The second kappa shape index (κ2) is 7.57. The van der Waals surface area contributed by atoms with E-state index < -0.39 is 11.8 Å². The van der Waals surface area contributed by atoms with Crippen LogP contribution in [0.25, 0.3) is 0 Å². The van der Waals surface area contributed by atoms with Gasteiger partial charge in [0.25, 0.3) is 0 Å². The Morgan fingerprint density at radius 1 is 1.00 bits per heavy atom. The molecule has 1 aliphatic rings. The molecule has 25 heavy (non-hydrogen) atoms. The summed E-state index contributed by atoms with van der Waals surface area (Å²) in [5.41, 5.74) is 1.61. The van der Waals surface area contributed by atoms with Crippen molar-refractivity contribution in [2.75, 3.05) is 13.9 Å². The summed E-state index contributed by atoms with van der Waals surface area (Å²) in [6.07, 6.45) is 0. The topological polar surface area (TPSA) is 85.9 Å². The van der Waals surface area contributed by atoms with Crippen LogP contribution in [0.5, 0.6) is 17.2 Å². The van der Waals surface area contributed by atoms with Gasteiger partial charge in [-0.15, -0.1) is 0 Å². The van der Waals surface area contributed by atoms with E-state index in [0.29, 0.717) is 17.2 Å². The second-order valence-electron chi connectivity index (χ2n) is 5.36. The van der Waals surface area contributed by atoms with Crippen molar-refractivity contribution in [3.05, 3.63) is 53.6 Å². The zero-order valence-electron chi connectivity index (χ0n) is 13.7. The van der Waals surface area contributed by atoms with Gasteiger partial charge in [-0.05, 0) is 23.8 Å². The number of para-hydroxylation sites is 1. The molecule has 0 unspecified atom stereocenters. The van der Waals surface area contributed by atoms with Crippen molar-refractivity contribution < 1.29 is 23.8 Å². The molecule has 7 nitrogen and oxygen atoms in total. The highest BCUT2D eigenvalue weighted by Gasteiger charge is 2.16. The smallest absolute Gasteiger partial charge is 0.309 e. The number of benzene rings is 2. The maximum Gasteiger partial charge on any atom is 0.309 e. The third kappa shape index (κ3) is 4.00. The lowest BCUT2D eigenvalue weighted by molar-refractivity contribution is -0.139. The number of carbonyl (C=O) groups is 2. The van der Waals surface area contributed by atoms with E-state index in [9.17, 15) is 9.59 Å². The van der Waals surface area contributed by atoms with Crippen LogP contribution in [-0.4, -0.2) is 25.7 Å². The van der Waals surface area contributed by atoms with Gasteiger partial charge >= 0.3 is 11.8 Å². The van der Waals surface area contributed by atoms with E-state index in [-0.39, 0.29) is 19.9 Å². The van der Waals surface area contributed by atoms with E-state index in [4.69, 9.17) is 14.2 Å². The molecule has 0 bridgehead atoms. The number of fused-ring (bicyclic) bond motifs is 1. The fraction of sp³-hybridized carbons (Fsp3) is 0.222. The Balaban J connectivity index is 1.50. The molecule has 2 aromatic carbocycles. The summed E-state index contributed by atoms with van der Waals surface area (Å²) in [6.45, 7) is 0.619. The van der Waals surface area contributed by atoms with Crippen molar-refractivity contribution in [2.24, 2.45) is 0 Å². The number of hydrogen-bond acceptors (Lipinski definition) is 5. The van der Waals surface area contributed by atoms with Crippen LogP contribution in [0.4, 0.5) is 0 Å². The monoisotopic (exact) mass is 342 g/mol. The summed E-state index contributed by atoms with van der Waals surface area (Å²) in [7, 11) is 1.55. The number of ether oxygens (including phenoxy) is 3. The molecule has 0 saturated carbocycles. The Labute approximate surface area is 144 Å². The molecular weight excluding hydrogens is 324 g/mol. The Bertz CT molecular complexity index is 791. The van der Waals surface area contributed by atoms with Gasteiger partial charge in [0.15, 0.2) is 11.5 Å². The molecule has 7 heteroatoms. The zero-order chi connectivity index (χ0) is 17.6. The van der Waals surface area contributed by atoms with Gasteiger partial charge in [-0.2, -0.15) is 0 Å². The van der Waals surface area contributed by atoms with Crippen molar-refractivity contribution in [3.8, 4) is 17.2 Å². The minimum absolute atomic E-state index is 0.191. The van der Waals surface area contributed by atoms with Crippen molar-refractivity contribution in [1.82, 2.24) is 10.6 Å². The van der Waals surface area contributed by atoms with E-state index in [1.807, 2.05) is 18.2 Å². The van der Waals surface area contributed by atoms with Gasteiger partial charge in [-0.1, -0.05) is 24.3 Å². The highest BCUT2D eigenvalue weighted by Crippen LogP contribution is 2.32. The summed E-state index contributed by atoms with van der Waals surface area (Å²) in [4.78, 5) is 23.8. The molecule has 130 valence electrons.